The Bertz CT molecular complexity index is 1190. The van der Waals surface area contributed by atoms with Crippen molar-refractivity contribution in [1.29, 1.82) is 0 Å². The van der Waals surface area contributed by atoms with Crippen molar-refractivity contribution < 1.29 is 9.53 Å². The minimum Gasteiger partial charge on any atom is -0.496 e. The van der Waals surface area contributed by atoms with Gasteiger partial charge in [-0.3, -0.25) is 9.36 Å². The number of benzene rings is 3. The fourth-order valence-corrected chi connectivity index (χ4v) is 3.98. The van der Waals surface area contributed by atoms with Crippen molar-refractivity contribution in [2.45, 2.75) is 12.1 Å². The monoisotopic (exact) mass is 430 g/mol. The molecule has 0 fully saturated rings. The van der Waals surface area contributed by atoms with Gasteiger partial charge in [-0.1, -0.05) is 54.2 Å². The number of nitrogens with zero attached hydrogens (tertiary/aromatic N) is 3. The Labute approximate surface area is 185 Å². The number of para-hydroxylation sites is 2. The molecule has 7 heteroatoms. The summed E-state index contributed by atoms with van der Waals surface area (Å²) in [4.78, 5) is 12.5. The first kappa shape index (κ1) is 20.7. The minimum atomic E-state index is -0.1000. The Balaban J connectivity index is 1.62. The first-order chi connectivity index (χ1) is 15.2. The molecule has 156 valence electrons. The van der Waals surface area contributed by atoms with Crippen LogP contribution in [0.2, 0.25) is 0 Å². The molecule has 0 aliphatic rings. The molecule has 3 aromatic carbocycles. The number of aryl methyl sites for hydroxylation is 1. The molecule has 1 N–H and O–H groups in total. The topological polar surface area (TPSA) is 69.0 Å². The second-order valence-corrected chi connectivity index (χ2v) is 7.83. The van der Waals surface area contributed by atoms with E-state index in [0.717, 1.165) is 22.5 Å². The largest absolute Gasteiger partial charge is 0.496 e. The van der Waals surface area contributed by atoms with Gasteiger partial charge in [0, 0.05) is 11.4 Å². The van der Waals surface area contributed by atoms with Crippen molar-refractivity contribution in [1.82, 2.24) is 14.8 Å². The summed E-state index contributed by atoms with van der Waals surface area (Å²) in [6.45, 7) is 1.99. The molecule has 0 saturated heterocycles. The highest BCUT2D eigenvalue weighted by Crippen LogP contribution is 2.33. The molecule has 31 heavy (non-hydrogen) atoms. The van der Waals surface area contributed by atoms with Gasteiger partial charge in [-0.05, 0) is 48.9 Å². The summed E-state index contributed by atoms with van der Waals surface area (Å²) in [5.41, 5.74) is 3.62. The van der Waals surface area contributed by atoms with E-state index in [9.17, 15) is 4.79 Å². The van der Waals surface area contributed by atoms with Crippen molar-refractivity contribution in [2.24, 2.45) is 0 Å². The SMILES string of the molecule is COc1ccccc1-c1nnc(SCC(=O)Nc2cccc(C)c2)n1-c1ccccc1. The number of carbonyl (C=O) groups excluding carboxylic acids is 1. The average Bonchev–Trinajstić information content (AvgIpc) is 3.22. The normalized spacial score (nSPS) is 10.6. The Morgan fingerprint density at radius 1 is 1.00 bits per heavy atom. The lowest BCUT2D eigenvalue weighted by molar-refractivity contribution is -0.113. The predicted molar refractivity (Wildman–Crippen MR) is 124 cm³/mol. The maximum absolute atomic E-state index is 12.5. The van der Waals surface area contributed by atoms with E-state index in [4.69, 9.17) is 4.74 Å². The second kappa shape index (κ2) is 9.49. The Hall–Kier alpha value is -3.58. The standard InChI is InChI=1S/C24H22N4O2S/c1-17-9-8-10-18(15-17)25-22(29)16-31-24-27-26-23(20-13-6-7-14-21(20)30-2)28(24)19-11-4-3-5-12-19/h3-15H,16H2,1-2H3,(H,25,29). The molecule has 0 aliphatic heterocycles. The van der Waals surface area contributed by atoms with Crippen LogP contribution in [-0.4, -0.2) is 33.5 Å². The molecule has 1 heterocycles. The quantitative estimate of drug-likeness (QED) is 0.419. The molecular weight excluding hydrogens is 408 g/mol. The molecule has 1 amide bonds. The van der Waals surface area contributed by atoms with Crippen LogP contribution in [0.15, 0.2) is 84.0 Å². The van der Waals surface area contributed by atoms with Gasteiger partial charge in [0.05, 0.1) is 18.4 Å². The summed E-state index contributed by atoms with van der Waals surface area (Å²) >= 11 is 1.34. The highest BCUT2D eigenvalue weighted by molar-refractivity contribution is 7.99. The van der Waals surface area contributed by atoms with Crippen molar-refractivity contribution in [3.05, 3.63) is 84.4 Å². The molecule has 4 aromatic rings. The van der Waals surface area contributed by atoms with Crippen LogP contribution >= 0.6 is 11.8 Å². The van der Waals surface area contributed by atoms with E-state index < -0.39 is 0 Å². The highest BCUT2D eigenvalue weighted by atomic mass is 32.2. The zero-order chi connectivity index (χ0) is 21.6. The Morgan fingerprint density at radius 3 is 2.55 bits per heavy atom. The van der Waals surface area contributed by atoms with Crippen LogP contribution in [0.1, 0.15) is 5.56 Å². The van der Waals surface area contributed by atoms with Gasteiger partial charge in [0.15, 0.2) is 11.0 Å². The molecule has 1 aromatic heterocycles. The highest BCUT2D eigenvalue weighted by Gasteiger charge is 2.19. The number of thioether (sulfide) groups is 1. The smallest absolute Gasteiger partial charge is 0.234 e. The molecular formula is C24H22N4O2S. The summed E-state index contributed by atoms with van der Waals surface area (Å²) in [6.07, 6.45) is 0. The van der Waals surface area contributed by atoms with E-state index in [1.165, 1.54) is 11.8 Å². The number of amides is 1. The number of hydrogen-bond donors (Lipinski definition) is 1. The molecule has 0 saturated carbocycles. The van der Waals surface area contributed by atoms with Crippen molar-refractivity contribution in [2.75, 3.05) is 18.2 Å². The first-order valence-corrected chi connectivity index (χ1v) is 10.8. The number of methoxy groups -OCH3 is 1. The van der Waals surface area contributed by atoms with Crippen LogP contribution in [-0.2, 0) is 4.79 Å². The van der Waals surface area contributed by atoms with Crippen LogP contribution in [0.5, 0.6) is 5.75 Å². The van der Waals surface area contributed by atoms with Gasteiger partial charge < -0.3 is 10.1 Å². The van der Waals surface area contributed by atoms with Crippen molar-refractivity contribution in [3.8, 4) is 22.8 Å². The third kappa shape index (κ3) is 4.78. The lowest BCUT2D eigenvalue weighted by Crippen LogP contribution is -2.14. The fraction of sp³-hybridized carbons (Fsp3) is 0.125. The third-order valence-electron chi connectivity index (χ3n) is 4.63. The van der Waals surface area contributed by atoms with Crippen molar-refractivity contribution >= 4 is 23.4 Å². The predicted octanol–water partition coefficient (Wildman–Crippen LogP) is 4.98. The molecule has 4 rings (SSSR count). The van der Waals surface area contributed by atoms with E-state index in [0.29, 0.717) is 16.7 Å². The maximum Gasteiger partial charge on any atom is 0.234 e. The van der Waals surface area contributed by atoms with Gasteiger partial charge in [0.1, 0.15) is 5.75 Å². The van der Waals surface area contributed by atoms with Gasteiger partial charge in [-0.15, -0.1) is 10.2 Å². The Kier molecular flexibility index (Phi) is 6.33. The summed E-state index contributed by atoms with van der Waals surface area (Å²) < 4.78 is 7.47. The number of carbonyl (C=O) groups is 1. The van der Waals surface area contributed by atoms with E-state index >= 15 is 0 Å². The lowest BCUT2D eigenvalue weighted by atomic mass is 10.2. The molecule has 0 unspecified atom stereocenters. The van der Waals surface area contributed by atoms with Gasteiger partial charge in [-0.25, -0.2) is 0 Å². The summed E-state index contributed by atoms with van der Waals surface area (Å²) in [5.74, 6) is 1.48. The van der Waals surface area contributed by atoms with Crippen LogP contribution in [0.3, 0.4) is 0 Å². The number of ether oxygens (including phenoxy) is 1. The van der Waals surface area contributed by atoms with Crippen molar-refractivity contribution in [3.63, 3.8) is 0 Å². The average molecular weight is 431 g/mol. The lowest BCUT2D eigenvalue weighted by Gasteiger charge is -2.12. The van der Waals surface area contributed by atoms with Gasteiger partial charge >= 0.3 is 0 Å². The van der Waals surface area contributed by atoms with Crippen LogP contribution < -0.4 is 10.1 Å². The number of hydrogen-bond acceptors (Lipinski definition) is 5. The number of anilines is 1. The third-order valence-corrected chi connectivity index (χ3v) is 5.56. The molecule has 0 spiro atoms. The van der Waals surface area contributed by atoms with Gasteiger partial charge in [0.25, 0.3) is 0 Å². The minimum absolute atomic E-state index is 0.1000. The number of rotatable bonds is 7. The number of nitrogens with one attached hydrogen (secondary N) is 1. The molecule has 0 atom stereocenters. The molecule has 0 bridgehead atoms. The summed E-state index contributed by atoms with van der Waals surface area (Å²) in [7, 11) is 1.63. The van der Waals surface area contributed by atoms with E-state index in [1.807, 2.05) is 90.4 Å². The number of aromatic nitrogens is 3. The maximum atomic E-state index is 12.5. The summed E-state index contributed by atoms with van der Waals surface area (Å²) in [5, 5.41) is 12.4. The van der Waals surface area contributed by atoms with E-state index in [2.05, 4.69) is 15.5 Å². The molecule has 0 aliphatic carbocycles. The summed E-state index contributed by atoms with van der Waals surface area (Å²) in [6, 6.07) is 25.3. The van der Waals surface area contributed by atoms with E-state index in [-0.39, 0.29) is 11.7 Å². The second-order valence-electron chi connectivity index (χ2n) is 6.88. The van der Waals surface area contributed by atoms with Gasteiger partial charge in [-0.2, -0.15) is 0 Å². The molecule has 0 radical (unpaired) electrons. The van der Waals surface area contributed by atoms with E-state index in [1.54, 1.807) is 7.11 Å². The van der Waals surface area contributed by atoms with Crippen LogP contribution in [0, 0.1) is 6.92 Å². The van der Waals surface area contributed by atoms with Crippen LogP contribution in [0.25, 0.3) is 17.1 Å². The fourth-order valence-electron chi connectivity index (χ4n) is 3.23. The first-order valence-electron chi connectivity index (χ1n) is 9.79. The zero-order valence-corrected chi connectivity index (χ0v) is 18.1. The Morgan fingerprint density at radius 2 is 1.77 bits per heavy atom. The van der Waals surface area contributed by atoms with Gasteiger partial charge in [0.2, 0.25) is 5.91 Å². The van der Waals surface area contributed by atoms with Crippen LogP contribution in [0.4, 0.5) is 5.69 Å². The zero-order valence-electron chi connectivity index (χ0n) is 17.3. The molecule has 6 nitrogen and oxygen atoms in total.